The molecule has 0 fully saturated rings. The highest BCUT2D eigenvalue weighted by Gasteiger charge is 2.25. The van der Waals surface area contributed by atoms with Gasteiger partial charge < -0.3 is 10.2 Å². The fourth-order valence-electron chi connectivity index (χ4n) is 2.54. The summed E-state index contributed by atoms with van der Waals surface area (Å²) in [5, 5.41) is 2.66. The van der Waals surface area contributed by atoms with Crippen molar-refractivity contribution >= 4 is 24.4 Å². The molecule has 108 valence electrons. The summed E-state index contributed by atoms with van der Waals surface area (Å²) in [4.78, 5) is 25.5. The van der Waals surface area contributed by atoms with Gasteiger partial charge in [-0.2, -0.15) is 12.6 Å². The van der Waals surface area contributed by atoms with Gasteiger partial charge in [0.25, 0.3) is 0 Å². The van der Waals surface area contributed by atoms with Gasteiger partial charge in [0.05, 0.1) is 0 Å². The van der Waals surface area contributed by atoms with Crippen LogP contribution in [0.4, 0.5) is 0 Å². The maximum atomic E-state index is 12.5. The third kappa shape index (κ3) is 3.54. The van der Waals surface area contributed by atoms with Gasteiger partial charge >= 0.3 is 0 Å². The zero-order chi connectivity index (χ0) is 14.5. The second kappa shape index (κ2) is 6.79. The molecule has 0 bridgehead atoms. The summed E-state index contributed by atoms with van der Waals surface area (Å²) < 4.78 is 0. The minimum absolute atomic E-state index is 0.0492. The molecule has 5 heteroatoms. The SMILES string of the molecule is CC(=O)NC(CS)C(=O)N1CCCc2ccccc2C1. The van der Waals surface area contributed by atoms with E-state index in [1.54, 1.807) is 0 Å². The minimum Gasteiger partial charge on any atom is -0.344 e. The third-order valence-electron chi connectivity index (χ3n) is 3.52. The van der Waals surface area contributed by atoms with Crippen molar-refractivity contribution in [3.8, 4) is 0 Å². The Hall–Kier alpha value is -1.49. The smallest absolute Gasteiger partial charge is 0.246 e. The lowest BCUT2D eigenvalue weighted by atomic mass is 10.0. The number of nitrogens with zero attached hydrogens (tertiary/aromatic N) is 1. The molecule has 1 N–H and O–H groups in total. The van der Waals surface area contributed by atoms with Crippen LogP contribution in [-0.2, 0) is 22.6 Å². The molecule has 1 unspecified atom stereocenters. The lowest BCUT2D eigenvalue weighted by molar-refractivity contribution is -0.135. The largest absolute Gasteiger partial charge is 0.344 e. The second-order valence-corrected chi connectivity index (χ2v) is 5.43. The molecule has 2 rings (SSSR count). The summed E-state index contributed by atoms with van der Waals surface area (Å²) in [6.45, 7) is 2.75. The first-order valence-electron chi connectivity index (χ1n) is 6.85. The summed E-state index contributed by atoms with van der Waals surface area (Å²) in [7, 11) is 0. The van der Waals surface area contributed by atoms with Gasteiger partial charge in [0.1, 0.15) is 6.04 Å². The van der Waals surface area contributed by atoms with Gasteiger partial charge in [-0.3, -0.25) is 9.59 Å². The molecule has 1 aliphatic rings. The summed E-state index contributed by atoms with van der Waals surface area (Å²) in [6.07, 6.45) is 1.94. The Bertz CT molecular complexity index is 504. The van der Waals surface area contributed by atoms with Crippen LogP contribution in [0, 0.1) is 0 Å². The van der Waals surface area contributed by atoms with Crippen LogP contribution in [0.1, 0.15) is 24.5 Å². The van der Waals surface area contributed by atoms with E-state index in [0.717, 1.165) is 19.4 Å². The predicted molar refractivity (Wildman–Crippen MR) is 81.6 cm³/mol. The van der Waals surface area contributed by atoms with Crippen LogP contribution in [0.25, 0.3) is 0 Å². The monoisotopic (exact) mass is 292 g/mol. The van der Waals surface area contributed by atoms with Crippen LogP contribution in [0.15, 0.2) is 24.3 Å². The van der Waals surface area contributed by atoms with E-state index in [1.807, 2.05) is 17.0 Å². The standard InChI is InChI=1S/C15H20N2O2S/c1-11(18)16-14(10-20)15(19)17-8-4-7-12-5-2-3-6-13(12)9-17/h2-3,5-6,14,20H,4,7-10H2,1H3,(H,16,18). The minimum atomic E-state index is -0.541. The van der Waals surface area contributed by atoms with Crippen LogP contribution in [-0.4, -0.2) is 35.1 Å². The zero-order valence-electron chi connectivity index (χ0n) is 11.6. The molecule has 0 aliphatic carbocycles. The Labute approximate surface area is 124 Å². The van der Waals surface area contributed by atoms with Gasteiger partial charge in [-0.1, -0.05) is 24.3 Å². The topological polar surface area (TPSA) is 49.4 Å². The van der Waals surface area contributed by atoms with E-state index < -0.39 is 6.04 Å². The summed E-state index contributed by atoms with van der Waals surface area (Å²) in [6, 6.07) is 7.67. The Morgan fingerprint density at radius 2 is 2.05 bits per heavy atom. The lowest BCUT2D eigenvalue weighted by Crippen LogP contribution is -2.49. The van der Waals surface area contributed by atoms with E-state index in [4.69, 9.17) is 0 Å². The molecule has 4 nitrogen and oxygen atoms in total. The van der Waals surface area contributed by atoms with E-state index in [1.165, 1.54) is 18.1 Å². The quantitative estimate of drug-likeness (QED) is 0.827. The molecule has 0 saturated heterocycles. The molecular formula is C15H20N2O2S. The van der Waals surface area contributed by atoms with Gasteiger partial charge in [-0.25, -0.2) is 0 Å². The third-order valence-corrected chi connectivity index (χ3v) is 3.89. The highest BCUT2D eigenvalue weighted by atomic mass is 32.1. The van der Waals surface area contributed by atoms with Crippen molar-refractivity contribution in [2.45, 2.75) is 32.4 Å². The van der Waals surface area contributed by atoms with E-state index in [-0.39, 0.29) is 11.8 Å². The van der Waals surface area contributed by atoms with E-state index in [0.29, 0.717) is 12.3 Å². The normalized spacial score (nSPS) is 16.0. The number of carbonyl (C=O) groups is 2. The first kappa shape index (κ1) is 14.9. The maximum Gasteiger partial charge on any atom is 0.246 e. The average Bonchev–Trinajstić information content (AvgIpc) is 2.65. The number of hydrogen-bond donors (Lipinski definition) is 2. The van der Waals surface area contributed by atoms with Crippen LogP contribution in [0.2, 0.25) is 0 Å². The molecular weight excluding hydrogens is 272 g/mol. The van der Waals surface area contributed by atoms with Crippen molar-refractivity contribution < 1.29 is 9.59 Å². The first-order chi connectivity index (χ1) is 9.61. The van der Waals surface area contributed by atoms with Gasteiger partial charge in [-0.15, -0.1) is 0 Å². The van der Waals surface area contributed by atoms with E-state index >= 15 is 0 Å². The Kier molecular flexibility index (Phi) is 5.06. The fourth-order valence-corrected chi connectivity index (χ4v) is 2.79. The average molecular weight is 292 g/mol. The zero-order valence-corrected chi connectivity index (χ0v) is 12.5. The van der Waals surface area contributed by atoms with Crippen molar-refractivity contribution in [3.05, 3.63) is 35.4 Å². The lowest BCUT2D eigenvalue weighted by Gasteiger charge is -2.26. The molecule has 1 aliphatic heterocycles. The van der Waals surface area contributed by atoms with Crippen LogP contribution in [0.3, 0.4) is 0 Å². The van der Waals surface area contributed by atoms with Crippen molar-refractivity contribution in [1.82, 2.24) is 10.2 Å². The molecule has 0 spiro atoms. The molecule has 0 radical (unpaired) electrons. The van der Waals surface area contributed by atoms with Crippen LogP contribution >= 0.6 is 12.6 Å². The highest BCUT2D eigenvalue weighted by Crippen LogP contribution is 2.19. The van der Waals surface area contributed by atoms with Crippen LogP contribution in [0.5, 0.6) is 0 Å². The predicted octanol–water partition coefficient (Wildman–Crippen LogP) is 1.40. The fraction of sp³-hybridized carbons (Fsp3) is 0.467. The molecule has 2 amide bonds. The van der Waals surface area contributed by atoms with Gasteiger partial charge in [0.15, 0.2) is 0 Å². The van der Waals surface area contributed by atoms with E-state index in [9.17, 15) is 9.59 Å². The molecule has 1 heterocycles. The van der Waals surface area contributed by atoms with Crippen molar-refractivity contribution in [2.75, 3.05) is 12.3 Å². The molecule has 20 heavy (non-hydrogen) atoms. The van der Waals surface area contributed by atoms with Gasteiger partial charge in [0, 0.05) is 25.8 Å². The van der Waals surface area contributed by atoms with Gasteiger partial charge in [0.2, 0.25) is 11.8 Å². The Morgan fingerprint density at radius 3 is 2.70 bits per heavy atom. The summed E-state index contributed by atoms with van der Waals surface area (Å²) >= 11 is 4.17. The van der Waals surface area contributed by atoms with Crippen molar-refractivity contribution in [1.29, 1.82) is 0 Å². The summed E-state index contributed by atoms with van der Waals surface area (Å²) in [5.74, 6) is 0.0656. The number of carbonyl (C=O) groups excluding carboxylic acids is 2. The number of aryl methyl sites for hydroxylation is 1. The summed E-state index contributed by atoms with van der Waals surface area (Å²) in [5.41, 5.74) is 2.50. The molecule has 1 atom stereocenters. The molecule has 1 aromatic rings. The van der Waals surface area contributed by atoms with Crippen LogP contribution < -0.4 is 5.32 Å². The second-order valence-electron chi connectivity index (χ2n) is 5.07. The number of hydrogen-bond acceptors (Lipinski definition) is 3. The molecule has 0 aromatic heterocycles. The van der Waals surface area contributed by atoms with Gasteiger partial charge in [-0.05, 0) is 24.0 Å². The molecule has 0 saturated carbocycles. The van der Waals surface area contributed by atoms with E-state index in [2.05, 4.69) is 30.1 Å². The number of amides is 2. The van der Waals surface area contributed by atoms with Crippen molar-refractivity contribution in [3.63, 3.8) is 0 Å². The highest BCUT2D eigenvalue weighted by molar-refractivity contribution is 7.80. The number of thiol groups is 1. The Morgan fingerprint density at radius 1 is 1.35 bits per heavy atom. The first-order valence-corrected chi connectivity index (χ1v) is 7.48. The molecule has 1 aromatic carbocycles. The van der Waals surface area contributed by atoms with Crippen molar-refractivity contribution in [2.24, 2.45) is 0 Å². The Balaban J connectivity index is 2.12. The number of benzene rings is 1. The maximum absolute atomic E-state index is 12.5. The number of nitrogens with one attached hydrogen (secondary N) is 1. The number of fused-ring (bicyclic) bond motifs is 1. The number of rotatable bonds is 3.